The SMILES string of the molecule is CN1CCN(C2CCN(CC3CCCCO3)CC2)C1=O. The smallest absolute Gasteiger partial charge is 0.320 e. The Labute approximate surface area is 121 Å². The van der Waals surface area contributed by atoms with Gasteiger partial charge in [0.15, 0.2) is 0 Å². The van der Waals surface area contributed by atoms with Crippen molar-refractivity contribution in [2.75, 3.05) is 46.4 Å². The van der Waals surface area contributed by atoms with Gasteiger partial charge in [0.2, 0.25) is 0 Å². The van der Waals surface area contributed by atoms with Crippen LogP contribution in [-0.4, -0.2) is 79.3 Å². The van der Waals surface area contributed by atoms with E-state index < -0.39 is 0 Å². The van der Waals surface area contributed by atoms with Crippen molar-refractivity contribution >= 4 is 6.03 Å². The minimum Gasteiger partial charge on any atom is -0.377 e. The summed E-state index contributed by atoms with van der Waals surface area (Å²) in [6.45, 7) is 6.03. The summed E-state index contributed by atoms with van der Waals surface area (Å²) in [5.41, 5.74) is 0. The molecule has 2 amide bonds. The van der Waals surface area contributed by atoms with Crippen molar-refractivity contribution in [3.05, 3.63) is 0 Å². The zero-order valence-electron chi connectivity index (χ0n) is 12.6. The molecule has 3 saturated heterocycles. The zero-order chi connectivity index (χ0) is 13.9. The van der Waals surface area contributed by atoms with Crippen molar-refractivity contribution in [3.8, 4) is 0 Å². The van der Waals surface area contributed by atoms with Gasteiger partial charge in [0.05, 0.1) is 6.10 Å². The van der Waals surface area contributed by atoms with Gasteiger partial charge >= 0.3 is 6.03 Å². The molecule has 0 aromatic carbocycles. The number of rotatable bonds is 3. The van der Waals surface area contributed by atoms with E-state index in [0.717, 1.165) is 52.2 Å². The number of likely N-dealkylation sites (tertiary alicyclic amines) is 1. The Hall–Kier alpha value is -0.810. The van der Waals surface area contributed by atoms with E-state index >= 15 is 0 Å². The minimum absolute atomic E-state index is 0.221. The summed E-state index contributed by atoms with van der Waals surface area (Å²) in [4.78, 5) is 18.5. The lowest BCUT2D eigenvalue weighted by atomic mass is 10.0. The average molecular weight is 281 g/mol. The number of ether oxygens (including phenoxy) is 1. The van der Waals surface area contributed by atoms with E-state index in [2.05, 4.69) is 9.80 Å². The summed E-state index contributed by atoms with van der Waals surface area (Å²) in [6.07, 6.45) is 6.44. The Morgan fingerprint density at radius 3 is 2.50 bits per heavy atom. The molecule has 0 N–H and O–H groups in total. The van der Waals surface area contributed by atoms with E-state index in [1.807, 2.05) is 11.9 Å². The fraction of sp³-hybridized carbons (Fsp3) is 0.933. The molecule has 20 heavy (non-hydrogen) atoms. The first kappa shape index (κ1) is 14.1. The maximum absolute atomic E-state index is 12.0. The lowest BCUT2D eigenvalue weighted by Gasteiger charge is -2.38. The first-order chi connectivity index (χ1) is 9.74. The van der Waals surface area contributed by atoms with Crippen LogP contribution in [-0.2, 0) is 4.74 Å². The summed E-state index contributed by atoms with van der Waals surface area (Å²) in [5.74, 6) is 0. The quantitative estimate of drug-likeness (QED) is 0.784. The predicted molar refractivity (Wildman–Crippen MR) is 77.8 cm³/mol. The highest BCUT2D eigenvalue weighted by Crippen LogP contribution is 2.22. The number of piperidine rings is 1. The zero-order valence-corrected chi connectivity index (χ0v) is 12.6. The van der Waals surface area contributed by atoms with E-state index in [1.54, 1.807) is 0 Å². The normalized spacial score (nSPS) is 30.2. The molecule has 5 nitrogen and oxygen atoms in total. The largest absolute Gasteiger partial charge is 0.377 e. The van der Waals surface area contributed by atoms with Gasteiger partial charge in [-0.25, -0.2) is 4.79 Å². The molecule has 0 aromatic rings. The van der Waals surface area contributed by atoms with Crippen molar-refractivity contribution < 1.29 is 9.53 Å². The van der Waals surface area contributed by atoms with Gasteiger partial charge in [-0.2, -0.15) is 0 Å². The van der Waals surface area contributed by atoms with E-state index in [-0.39, 0.29) is 6.03 Å². The molecular weight excluding hydrogens is 254 g/mol. The molecule has 0 aromatic heterocycles. The summed E-state index contributed by atoms with van der Waals surface area (Å²) in [7, 11) is 1.90. The van der Waals surface area contributed by atoms with Gasteiger partial charge in [-0.1, -0.05) is 0 Å². The summed E-state index contributed by atoms with van der Waals surface area (Å²) in [6, 6.07) is 0.676. The molecule has 0 radical (unpaired) electrons. The molecule has 114 valence electrons. The van der Waals surface area contributed by atoms with Crippen LogP contribution in [0.3, 0.4) is 0 Å². The Morgan fingerprint density at radius 1 is 1.10 bits per heavy atom. The number of hydrogen-bond donors (Lipinski definition) is 0. The standard InChI is InChI=1S/C15H27N3O2/c1-16-9-10-18(15(16)19)13-5-7-17(8-6-13)12-14-4-2-3-11-20-14/h13-14H,2-12H2,1H3. The van der Waals surface area contributed by atoms with Crippen LogP contribution in [0.4, 0.5) is 4.79 Å². The van der Waals surface area contributed by atoms with Crippen LogP contribution in [0.25, 0.3) is 0 Å². The molecule has 1 atom stereocenters. The summed E-state index contributed by atoms with van der Waals surface area (Å²) in [5, 5.41) is 0. The second kappa shape index (κ2) is 6.31. The predicted octanol–water partition coefficient (Wildman–Crippen LogP) is 1.39. The van der Waals surface area contributed by atoms with Crippen molar-refractivity contribution in [1.29, 1.82) is 0 Å². The number of likely N-dealkylation sites (N-methyl/N-ethyl adjacent to an activating group) is 1. The number of amides is 2. The molecule has 3 fully saturated rings. The summed E-state index contributed by atoms with van der Waals surface area (Å²) >= 11 is 0. The van der Waals surface area contributed by atoms with Gasteiger partial charge in [-0.05, 0) is 32.1 Å². The van der Waals surface area contributed by atoms with Crippen LogP contribution in [0.2, 0.25) is 0 Å². The molecule has 0 aliphatic carbocycles. The topological polar surface area (TPSA) is 36.0 Å². The van der Waals surface area contributed by atoms with Crippen LogP contribution in [0.15, 0.2) is 0 Å². The Morgan fingerprint density at radius 2 is 1.90 bits per heavy atom. The molecule has 3 heterocycles. The van der Waals surface area contributed by atoms with Gasteiger partial charge in [-0.3, -0.25) is 0 Å². The molecule has 1 unspecified atom stereocenters. The van der Waals surface area contributed by atoms with E-state index in [9.17, 15) is 4.79 Å². The molecule has 5 heteroatoms. The average Bonchev–Trinajstić information content (AvgIpc) is 2.81. The molecule has 3 aliphatic rings. The third kappa shape index (κ3) is 3.09. The maximum Gasteiger partial charge on any atom is 0.320 e. The van der Waals surface area contributed by atoms with E-state index in [4.69, 9.17) is 4.74 Å². The lowest BCUT2D eigenvalue weighted by Crippen LogP contribution is -2.48. The van der Waals surface area contributed by atoms with Crippen LogP contribution in [0.1, 0.15) is 32.1 Å². The Kier molecular flexibility index (Phi) is 4.46. The second-order valence-corrected chi connectivity index (χ2v) is 6.42. The third-order valence-corrected chi connectivity index (χ3v) is 4.98. The van der Waals surface area contributed by atoms with Crippen molar-refractivity contribution in [2.24, 2.45) is 0 Å². The van der Waals surface area contributed by atoms with Gasteiger partial charge in [-0.15, -0.1) is 0 Å². The highest BCUT2D eigenvalue weighted by atomic mass is 16.5. The fourth-order valence-electron chi connectivity index (χ4n) is 3.66. The molecule has 3 rings (SSSR count). The van der Waals surface area contributed by atoms with E-state index in [0.29, 0.717) is 12.1 Å². The van der Waals surface area contributed by atoms with Crippen LogP contribution >= 0.6 is 0 Å². The van der Waals surface area contributed by atoms with Crippen molar-refractivity contribution in [2.45, 2.75) is 44.2 Å². The molecule has 0 bridgehead atoms. The van der Waals surface area contributed by atoms with Gasteiger partial charge in [0.25, 0.3) is 0 Å². The third-order valence-electron chi connectivity index (χ3n) is 4.98. The number of nitrogens with zero attached hydrogens (tertiary/aromatic N) is 3. The number of hydrogen-bond acceptors (Lipinski definition) is 3. The lowest BCUT2D eigenvalue weighted by molar-refractivity contribution is -0.0122. The van der Waals surface area contributed by atoms with Crippen LogP contribution < -0.4 is 0 Å². The van der Waals surface area contributed by atoms with E-state index in [1.165, 1.54) is 19.3 Å². The number of urea groups is 1. The monoisotopic (exact) mass is 281 g/mol. The van der Waals surface area contributed by atoms with Crippen molar-refractivity contribution in [3.63, 3.8) is 0 Å². The Bertz CT molecular complexity index is 336. The van der Waals surface area contributed by atoms with Crippen molar-refractivity contribution in [1.82, 2.24) is 14.7 Å². The molecule has 0 saturated carbocycles. The van der Waals surface area contributed by atoms with Gasteiger partial charge in [0.1, 0.15) is 0 Å². The van der Waals surface area contributed by atoms with Crippen LogP contribution in [0, 0.1) is 0 Å². The van der Waals surface area contributed by atoms with Gasteiger partial charge in [0, 0.05) is 52.4 Å². The molecule has 0 spiro atoms. The molecule has 3 aliphatic heterocycles. The number of carbonyl (C=O) groups is 1. The first-order valence-corrected chi connectivity index (χ1v) is 8.10. The second-order valence-electron chi connectivity index (χ2n) is 6.42. The summed E-state index contributed by atoms with van der Waals surface area (Å²) < 4.78 is 5.83. The first-order valence-electron chi connectivity index (χ1n) is 8.10. The van der Waals surface area contributed by atoms with Crippen LogP contribution in [0.5, 0.6) is 0 Å². The highest BCUT2D eigenvalue weighted by Gasteiger charge is 2.33. The maximum atomic E-state index is 12.0. The minimum atomic E-state index is 0.221. The fourth-order valence-corrected chi connectivity index (χ4v) is 3.66. The molecular formula is C15H27N3O2. The highest BCUT2D eigenvalue weighted by molar-refractivity contribution is 5.76. The van der Waals surface area contributed by atoms with Gasteiger partial charge < -0.3 is 19.4 Å². The Balaban J connectivity index is 1.43. The number of carbonyl (C=O) groups excluding carboxylic acids is 1.